The lowest BCUT2D eigenvalue weighted by Crippen LogP contribution is -2.42. The number of nitrogens with zero attached hydrogens (tertiary/aromatic N) is 1. The van der Waals surface area contributed by atoms with Crippen LogP contribution in [0.25, 0.3) is 0 Å². The Morgan fingerprint density at radius 1 is 1.36 bits per heavy atom. The van der Waals surface area contributed by atoms with Crippen molar-refractivity contribution in [2.24, 2.45) is 0 Å². The summed E-state index contributed by atoms with van der Waals surface area (Å²) in [4.78, 5) is 11.7. The molecule has 3 rings (SSSR count). The van der Waals surface area contributed by atoms with Crippen LogP contribution in [0.15, 0.2) is 30.5 Å². The van der Waals surface area contributed by atoms with Gasteiger partial charge < -0.3 is 14.8 Å². The lowest BCUT2D eigenvalue weighted by molar-refractivity contribution is -0.691. The van der Waals surface area contributed by atoms with E-state index in [1.54, 1.807) is 12.1 Å². The maximum atomic E-state index is 13.2. The van der Waals surface area contributed by atoms with Gasteiger partial charge in [0.1, 0.15) is 11.5 Å². The predicted molar refractivity (Wildman–Crippen MR) is 91.2 cm³/mol. The number of aromatic nitrogens is 1. The highest BCUT2D eigenvalue weighted by Crippen LogP contribution is 2.33. The Morgan fingerprint density at radius 2 is 2.12 bits per heavy atom. The van der Waals surface area contributed by atoms with Crippen molar-refractivity contribution < 1.29 is 23.2 Å². The first kappa shape index (κ1) is 17.2. The van der Waals surface area contributed by atoms with E-state index in [2.05, 4.69) is 5.32 Å². The number of pyridine rings is 1. The number of anilines is 1. The van der Waals surface area contributed by atoms with Gasteiger partial charge in [-0.15, -0.1) is 0 Å². The van der Waals surface area contributed by atoms with Crippen molar-refractivity contribution in [3.8, 4) is 5.75 Å². The summed E-state index contributed by atoms with van der Waals surface area (Å²) in [6.45, 7) is 3.53. The van der Waals surface area contributed by atoms with Gasteiger partial charge in [0.05, 0.1) is 19.3 Å². The first-order chi connectivity index (χ1) is 12.1. The highest BCUT2D eigenvalue weighted by atomic mass is 19.1. The minimum absolute atomic E-state index is 0.133. The minimum Gasteiger partial charge on any atom is -0.491 e. The highest BCUT2D eigenvalue weighted by Gasteiger charge is 2.26. The Labute approximate surface area is 146 Å². The second-order valence-corrected chi connectivity index (χ2v) is 6.08. The third-order valence-corrected chi connectivity index (χ3v) is 4.33. The van der Waals surface area contributed by atoms with Gasteiger partial charge >= 0.3 is 5.97 Å². The topological polar surface area (TPSA) is 51.4 Å². The van der Waals surface area contributed by atoms with Gasteiger partial charge in [0, 0.05) is 19.9 Å². The summed E-state index contributed by atoms with van der Waals surface area (Å²) in [5, 5.41) is 3.40. The molecule has 0 fully saturated rings. The lowest BCUT2D eigenvalue weighted by atomic mass is 10.0. The molecule has 2 aromatic rings. The van der Waals surface area contributed by atoms with Crippen LogP contribution >= 0.6 is 0 Å². The molecular formula is C19H22FN2O3+. The number of carbonyl (C=O) groups is 1. The van der Waals surface area contributed by atoms with Crippen LogP contribution in [0.5, 0.6) is 5.75 Å². The number of fused-ring (bicyclic) bond motifs is 1. The van der Waals surface area contributed by atoms with Crippen LogP contribution in [-0.4, -0.2) is 26.2 Å². The lowest BCUT2D eigenvalue weighted by Gasteiger charge is -2.15. The number of carbonyl (C=O) groups excluding carboxylic acids is 1. The van der Waals surface area contributed by atoms with Crippen molar-refractivity contribution in [1.29, 1.82) is 0 Å². The number of hydrogen-bond acceptors (Lipinski definition) is 4. The molecule has 1 aromatic heterocycles. The Hall–Kier alpha value is -2.63. The molecule has 132 valence electrons. The fourth-order valence-corrected chi connectivity index (χ4v) is 2.96. The molecule has 1 aliphatic heterocycles. The van der Waals surface area contributed by atoms with Gasteiger partial charge in [0.15, 0.2) is 11.9 Å². The maximum absolute atomic E-state index is 13.2. The van der Waals surface area contributed by atoms with Crippen molar-refractivity contribution in [2.45, 2.75) is 26.3 Å². The van der Waals surface area contributed by atoms with Gasteiger partial charge in [-0.1, -0.05) is 12.1 Å². The molecule has 0 spiro atoms. The molecule has 0 amide bonds. The molecule has 6 heteroatoms. The molecule has 1 N–H and O–H groups in total. The molecule has 0 unspecified atom stereocenters. The Bertz CT molecular complexity index is 775. The normalized spacial score (nSPS) is 13.2. The number of hydrogen-bond donors (Lipinski definition) is 1. The van der Waals surface area contributed by atoms with E-state index in [0.29, 0.717) is 13.0 Å². The van der Waals surface area contributed by atoms with Crippen molar-refractivity contribution in [2.75, 3.05) is 25.6 Å². The molecule has 0 aliphatic carbocycles. The van der Waals surface area contributed by atoms with Crippen LogP contribution in [0, 0.1) is 12.7 Å². The Morgan fingerprint density at radius 3 is 2.84 bits per heavy atom. The van der Waals surface area contributed by atoms with Gasteiger partial charge in [0.25, 0.3) is 0 Å². The fourth-order valence-electron chi connectivity index (χ4n) is 2.96. The summed E-state index contributed by atoms with van der Waals surface area (Å²) in [7, 11) is 1.38. The zero-order chi connectivity index (χ0) is 17.8. The van der Waals surface area contributed by atoms with Crippen molar-refractivity contribution in [3.05, 3.63) is 53.1 Å². The summed E-state index contributed by atoms with van der Waals surface area (Å²) in [6.07, 6.45) is 3.41. The molecule has 5 nitrogen and oxygen atoms in total. The molecule has 25 heavy (non-hydrogen) atoms. The number of halogens is 1. The zero-order valence-electron chi connectivity index (χ0n) is 14.5. The van der Waals surface area contributed by atoms with Gasteiger partial charge in [0.2, 0.25) is 12.2 Å². The van der Waals surface area contributed by atoms with E-state index in [0.717, 1.165) is 41.2 Å². The van der Waals surface area contributed by atoms with Gasteiger partial charge in [-0.05, 0) is 24.1 Å². The van der Waals surface area contributed by atoms with Gasteiger partial charge in [-0.25, -0.2) is 9.18 Å². The first-order valence-corrected chi connectivity index (χ1v) is 8.32. The summed E-state index contributed by atoms with van der Waals surface area (Å²) in [5.74, 6) is 0.237. The monoisotopic (exact) mass is 345 g/mol. The Balaban J connectivity index is 2.03. The highest BCUT2D eigenvalue weighted by molar-refractivity contribution is 5.68. The Kier molecular flexibility index (Phi) is 5.16. The quantitative estimate of drug-likeness (QED) is 0.683. The van der Waals surface area contributed by atoms with E-state index in [-0.39, 0.29) is 18.3 Å². The standard InChI is InChI=1S/C19H22FN2O3/c1-13-18-19(25-9-3-8-21-18)15(11-22(13)12-17(23)24-2)10-14-4-6-16(20)7-5-14/h4-7,11,21H,3,8-10,12H2,1-2H3/q+1. The molecule has 0 saturated carbocycles. The number of esters is 1. The second kappa shape index (κ2) is 7.51. The smallest absolute Gasteiger partial charge is 0.372 e. The van der Waals surface area contributed by atoms with Crippen molar-refractivity contribution >= 4 is 11.7 Å². The number of rotatable bonds is 4. The van der Waals surface area contributed by atoms with Crippen LogP contribution in [0.3, 0.4) is 0 Å². The van der Waals surface area contributed by atoms with E-state index < -0.39 is 0 Å². The summed E-state index contributed by atoms with van der Waals surface area (Å²) in [6, 6.07) is 6.42. The SMILES string of the molecule is COC(=O)C[n+]1cc(Cc2ccc(F)cc2)c2c(c1C)NCCCO2. The average molecular weight is 345 g/mol. The molecule has 1 aromatic carbocycles. The van der Waals surface area contributed by atoms with E-state index >= 15 is 0 Å². The minimum atomic E-state index is -0.310. The molecular weight excluding hydrogens is 323 g/mol. The molecule has 0 atom stereocenters. The molecule has 0 radical (unpaired) electrons. The largest absolute Gasteiger partial charge is 0.491 e. The van der Waals surface area contributed by atoms with E-state index in [1.165, 1.54) is 19.2 Å². The summed E-state index contributed by atoms with van der Waals surface area (Å²) < 4.78 is 25.8. The summed E-state index contributed by atoms with van der Waals surface area (Å²) >= 11 is 0. The third-order valence-electron chi connectivity index (χ3n) is 4.33. The predicted octanol–water partition coefficient (Wildman–Crippen LogP) is 2.38. The fraction of sp³-hybridized carbons (Fsp3) is 0.368. The molecule has 2 heterocycles. The average Bonchev–Trinajstić information content (AvgIpc) is 2.87. The molecule has 1 aliphatic rings. The van der Waals surface area contributed by atoms with Crippen molar-refractivity contribution in [3.63, 3.8) is 0 Å². The van der Waals surface area contributed by atoms with Crippen LogP contribution in [0.4, 0.5) is 10.1 Å². The number of ether oxygens (including phenoxy) is 2. The van der Waals surface area contributed by atoms with Crippen LogP contribution in [0.1, 0.15) is 23.2 Å². The number of benzene rings is 1. The first-order valence-electron chi connectivity index (χ1n) is 8.32. The van der Waals surface area contributed by atoms with E-state index in [4.69, 9.17) is 9.47 Å². The molecule has 0 saturated heterocycles. The van der Waals surface area contributed by atoms with Gasteiger partial charge in [-0.2, -0.15) is 4.57 Å². The van der Waals surface area contributed by atoms with Crippen LogP contribution in [-0.2, 0) is 22.5 Å². The van der Waals surface area contributed by atoms with E-state index in [9.17, 15) is 9.18 Å². The van der Waals surface area contributed by atoms with Crippen molar-refractivity contribution in [1.82, 2.24) is 0 Å². The summed E-state index contributed by atoms with van der Waals surface area (Å²) in [5.41, 5.74) is 3.75. The second-order valence-electron chi connectivity index (χ2n) is 6.08. The zero-order valence-corrected chi connectivity index (χ0v) is 14.5. The number of nitrogens with one attached hydrogen (secondary N) is 1. The van der Waals surface area contributed by atoms with Crippen LogP contribution in [0.2, 0.25) is 0 Å². The number of methoxy groups -OCH3 is 1. The maximum Gasteiger partial charge on any atom is 0.372 e. The van der Waals surface area contributed by atoms with Crippen LogP contribution < -0.4 is 14.6 Å². The molecule has 0 bridgehead atoms. The van der Waals surface area contributed by atoms with E-state index in [1.807, 2.05) is 17.7 Å². The van der Waals surface area contributed by atoms with Gasteiger partial charge in [-0.3, -0.25) is 0 Å². The third kappa shape index (κ3) is 3.90.